The van der Waals surface area contributed by atoms with Crippen molar-refractivity contribution >= 4 is 22.6 Å². The first-order valence-electron chi connectivity index (χ1n) is 3.76. The van der Waals surface area contributed by atoms with E-state index in [0.717, 1.165) is 0 Å². The number of nitrogens with one attached hydrogen (secondary N) is 1. The molecule has 0 atom stereocenters. The lowest BCUT2D eigenvalue weighted by atomic mass is 10.2. The zero-order chi connectivity index (χ0) is 13.4. The first-order chi connectivity index (χ1) is 7.52. The summed E-state index contributed by atoms with van der Waals surface area (Å²) < 4.78 is 75.6. The fourth-order valence-corrected chi connectivity index (χ4v) is 1.50. The van der Waals surface area contributed by atoms with Gasteiger partial charge in [0.2, 0.25) is 0 Å². The molecule has 1 N–H and O–H groups in total. The Hall–Kier alpha value is -0.940. The van der Waals surface area contributed by atoms with Crippen LogP contribution in [0, 0.1) is 3.57 Å². The molecule has 17 heavy (non-hydrogen) atoms. The third kappa shape index (κ3) is 3.51. The Labute approximate surface area is 103 Å². The Kier molecular flexibility index (Phi) is 3.64. The number of aromatic nitrogens is 1. The molecule has 0 unspecified atom stereocenters. The third-order valence-electron chi connectivity index (χ3n) is 1.50. The summed E-state index contributed by atoms with van der Waals surface area (Å²) in [6, 6.07) is 0. The van der Waals surface area contributed by atoms with E-state index in [4.69, 9.17) is 0 Å². The summed E-state index contributed by atoms with van der Waals surface area (Å²) in [6.07, 6.45) is -9.86. The first-order valence-corrected chi connectivity index (χ1v) is 4.84. The number of hydrogen-bond donors (Lipinski definition) is 1. The van der Waals surface area contributed by atoms with Crippen molar-refractivity contribution in [2.45, 2.75) is 12.5 Å². The van der Waals surface area contributed by atoms with Crippen LogP contribution in [-0.2, 0) is 6.18 Å². The molecule has 0 saturated heterocycles. The Bertz CT molecular complexity index is 477. The van der Waals surface area contributed by atoms with Crippen LogP contribution in [0.4, 0.5) is 26.3 Å². The zero-order valence-electron chi connectivity index (χ0n) is 7.54. The van der Waals surface area contributed by atoms with Crippen LogP contribution in [0.2, 0.25) is 0 Å². The van der Waals surface area contributed by atoms with Gasteiger partial charge in [0, 0.05) is 6.20 Å². The fraction of sp³-hybridized carbons (Fsp3) is 0.286. The van der Waals surface area contributed by atoms with Crippen LogP contribution in [0.25, 0.3) is 0 Å². The van der Waals surface area contributed by atoms with E-state index >= 15 is 0 Å². The van der Waals surface area contributed by atoms with Crippen molar-refractivity contribution in [1.82, 2.24) is 4.98 Å². The summed E-state index contributed by atoms with van der Waals surface area (Å²) in [5.74, 6) is -1.55. The molecule has 0 bridgehead atoms. The molecule has 0 amide bonds. The Morgan fingerprint density at radius 2 is 1.71 bits per heavy atom. The van der Waals surface area contributed by atoms with Crippen LogP contribution in [0.3, 0.4) is 0 Å². The number of H-pyrrole nitrogens is 1. The molecule has 1 heterocycles. The van der Waals surface area contributed by atoms with E-state index in [9.17, 15) is 31.1 Å². The van der Waals surface area contributed by atoms with Crippen LogP contribution in [0.15, 0.2) is 11.0 Å². The van der Waals surface area contributed by atoms with Gasteiger partial charge in [-0.25, -0.2) is 0 Å². The van der Waals surface area contributed by atoms with Crippen molar-refractivity contribution in [3.05, 3.63) is 25.7 Å². The molecule has 1 rings (SSSR count). The minimum absolute atomic E-state index is 0.508. The second-order valence-corrected chi connectivity index (χ2v) is 3.88. The lowest BCUT2D eigenvalue weighted by Crippen LogP contribution is -2.27. The summed E-state index contributed by atoms with van der Waals surface area (Å²) >= 11 is 1.19. The average molecular weight is 373 g/mol. The van der Waals surface area contributed by atoms with Gasteiger partial charge in [0.25, 0.3) is 5.56 Å². The van der Waals surface area contributed by atoms with Gasteiger partial charge in [0.1, 0.15) is 0 Å². The summed E-state index contributed by atoms with van der Waals surface area (Å²) in [6.45, 7) is 0. The monoisotopic (exact) mass is 373 g/mol. The molecule has 96 valence electrons. The molecule has 3 nitrogen and oxygen atoms in total. The van der Waals surface area contributed by atoms with E-state index in [2.05, 4.69) is 4.74 Å². The Morgan fingerprint density at radius 1 is 1.18 bits per heavy atom. The normalized spacial score (nSPS) is 12.6. The van der Waals surface area contributed by atoms with E-state index in [-0.39, 0.29) is 0 Å². The number of halogens is 7. The smallest absolute Gasteiger partial charge is 0.404 e. The molecule has 10 heteroatoms. The first kappa shape index (κ1) is 14.1. The molecule has 0 spiro atoms. The molecule has 0 aliphatic carbocycles. The standard InChI is InChI=1S/C7H2F6INO2/c8-6(9,10)3-4(17-7(11,12)13)2(14)1-15-5(3)16/h1H,(H,15,16). The minimum atomic E-state index is -5.31. The molecule has 0 radical (unpaired) electrons. The SMILES string of the molecule is O=c1[nH]cc(I)c(OC(F)(F)F)c1C(F)(F)F. The molecule has 0 aromatic carbocycles. The van der Waals surface area contributed by atoms with Gasteiger partial charge in [0.15, 0.2) is 11.3 Å². The van der Waals surface area contributed by atoms with Crippen molar-refractivity contribution in [2.75, 3.05) is 0 Å². The van der Waals surface area contributed by atoms with Crippen LogP contribution >= 0.6 is 22.6 Å². The summed E-state index contributed by atoms with van der Waals surface area (Å²) in [7, 11) is 0. The highest BCUT2D eigenvalue weighted by Crippen LogP contribution is 2.38. The summed E-state index contributed by atoms with van der Waals surface area (Å²) in [5.41, 5.74) is -3.71. The van der Waals surface area contributed by atoms with Gasteiger partial charge >= 0.3 is 12.5 Å². The maximum atomic E-state index is 12.4. The summed E-state index contributed by atoms with van der Waals surface area (Å²) in [5, 5.41) is 0. The second-order valence-electron chi connectivity index (χ2n) is 2.72. The van der Waals surface area contributed by atoms with Gasteiger partial charge in [-0.2, -0.15) is 13.2 Å². The molecule has 0 fully saturated rings. The Balaban J connectivity index is 3.47. The molecular formula is C7H2F6INO2. The Morgan fingerprint density at radius 3 is 2.12 bits per heavy atom. The topological polar surface area (TPSA) is 42.1 Å². The molecule has 1 aromatic heterocycles. The number of aromatic amines is 1. The van der Waals surface area contributed by atoms with Crippen molar-refractivity contribution in [2.24, 2.45) is 0 Å². The minimum Gasteiger partial charge on any atom is -0.404 e. The van der Waals surface area contributed by atoms with Crippen LogP contribution in [0.5, 0.6) is 5.75 Å². The van der Waals surface area contributed by atoms with E-state index < -0.39 is 33.0 Å². The van der Waals surface area contributed by atoms with Gasteiger partial charge in [-0.15, -0.1) is 13.2 Å². The number of rotatable bonds is 1. The average Bonchev–Trinajstić information content (AvgIpc) is 2.06. The lowest BCUT2D eigenvalue weighted by Gasteiger charge is -2.15. The summed E-state index contributed by atoms with van der Waals surface area (Å²) in [4.78, 5) is 12.6. The van der Waals surface area contributed by atoms with Gasteiger partial charge in [-0.3, -0.25) is 4.79 Å². The van der Waals surface area contributed by atoms with Gasteiger partial charge < -0.3 is 9.72 Å². The van der Waals surface area contributed by atoms with Crippen LogP contribution in [-0.4, -0.2) is 11.3 Å². The van der Waals surface area contributed by atoms with Crippen molar-refractivity contribution in [3.63, 3.8) is 0 Å². The van der Waals surface area contributed by atoms with Gasteiger partial charge in [-0.05, 0) is 22.6 Å². The van der Waals surface area contributed by atoms with E-state index in [1.165, 1.54) is 22.6 Å². The third-order valence-corrected chi connectivity index (χ3v) is 2.30. The van der Waals surface area contributed by atoms with Crippen LogP contribution in [0.1, 0.15) is 5.56 Å². The maximum Gasteiger partial charge on any atom is 0.573 e. The van der Waals surface area contributed by atoms with E-state index in [1.807, 2.05) is 0 Å². The highest BCUT2D eigenvalue weighted by atomic mass is 127. The number of alkyl halides is 6. The van der Waals surface area contributed by atoms with Gasteiger partial charge in [0.05, 0.1) is 3.57 Å². The zero-order valence-corrected chi connectivity index (χ0v) is 9.70. The fourth-order valence-electron chi connectivity index (χ4n) is 0.962. The molecule has 0 saturated carbocycles. The van der Waals surface area contributed by atoms with E-state index in [0.29, 0.717) is 6.20 Å². The predicted octanol–water partition coefficient (Wildman–Crippen LogP) is 2.90. The van der Waals surface area contributed by atoms with Gasteiger partial charge in [-0.1, -0.05) is 0 Å². The largest absolute Gasteiger partial charge is 0.573 e. The predicted molar refractivity (Wildman–Crippen MR) is 51.5 cm³/mol. The van der Waals surface area contributed by atoms with Crippen molar-refractivity contribution in [3.8, 4) is 5.75 Å². The number of ether oxygens (including phenoxy) is 1. The lowest BCUT2D eigenvalue weighted by molar-refractivity contribution is -0.276. The molecular weight excluding hydrogens is 371 g/mol. The quantitative estimate of drug-likeness (QED) is 0.608. The molecule has 0 aliphatic heterocycles. The molecule has 0 aliphatic rings. The maximum absolute atomic E-state index is 12.4. The van der Waals surface area contributed by atoms with Crippen molar-refractivity contribution < 1.29 is 31.1 Å². The van der Waals surface area contributed by atoms with E-state index in [1.54, 1.807) is 4.98 Å². The number of hydrogen-bond acceptors (Lipinski definition) is 2. The van der Waals surface area contributed by atoms with Crippen molar-refractivity contribution in [1.29, 1.82) is 0 Å². The molecule has 1 aromatic rings. The second kappa shape index (κ2) is 4.38. The number of pyridine rings is 1. The highest BCUT2D eigenvalue weighted by molar-refractivity contribution is 14.1. The van der Waals surface area contributed by atoms with Crippen LogP contribution < -0.4 is 10.3 Å². The highest BCUT2D eigenvalue weighted by Gasteiger charge is 2.42.